The van der Waals surface area contributed by atoms with E-state index in [1.54, 1.807) is 12.1 Å². The molecular weight excluding hydrogens is 443 g/mol. The first-order chi connectivity index (χ1) is 14.6. The Bertz CT molecular complexity index is 1060. The van der Waals surface area contributed by atoms with Gasteiger partial charge in [0.2, 0.25) is 0 Å². The van der Waals surface area contributed by atoms with Crippen LogP contribution in [0.15, 0.2) is 42.5 Å². The van der Waals surface area contributed by atoms with Crippen LogP contribution in [0.25, 0.3) is 10.8 Å². The minimum absolute atomic E-state index is 0.0222. The van der Waals surface area contributed by atoms with E-state index in [2.05, 4.69) is 15.2 Å². The predicted octanol–water partition coefficient (Wildman–Crippen LogP) is 3.04. The number of phosphoric ester groups is 1. The lowest BCUT2D eigenvalue weighted by atomic mass is 10.1. The summed E-state index contributed by atoms with van der Waals surface area (Å²) in [5, 5.41) is 5.82. The smallest absolute Gasteiger partial charge is 0.336 e. The molecule has 1 unspecified atom stereocenters. The molecule has 0 aromatic heterocycles. The monoisotopic (exact) mass is 470 g/mol. The molecule has 0 bridgehead atoms. The van der Waals surface area contributed by atoms with Gasteiger partial charge in [-0.25, -0.2) is 17.8 Å². The second-order valence-electron chi connectivity index (χ2n) is 7.79. The van der Waals surface area contributed by atoms with E-state index in [-0.39, 0.29) is 18.2 Å². The van der Waals surface area contributed by atoms with Crippen LogP contribution in [0.2, 0.25) is 0 Å². The molecule has 2 aromatic rings. The third-order valence-electron chi connectivity index (χ3n) is 5.38. The number of urea groups is 1. The standard InChI is InChI=1S/C20H27N2O7PS/c23-20(22-18-10-9-16-7-3-4-8-17(16)11-18)21-12-19(13-29-30(24,25)26)31(27,28)14-15-5-1-2-6-15/h3-4,7-11,15,19H,1-2,5-6,12-14H2,(H2,21,22,23)(H2,24,25,26). The zero-order chi connectivity index (χ0) is 22.5. The number of nitrogens with one attached hydrogen (secondary N) is 2. The maximum atomic E-state index is 12.8. The van der Waals surface area contributed by atoms with Gasteiger partial charge in [0.05, 0.1) is 12.4 Å². The summed E-state index contributed by atoms with van der Waals surface area (Å²) >= 11 is 0. The first-order valence-electron chi connectivity index (χ1n) is 10.1. The molecule has 170 valence electrons. The van der Waals surface area contributed by atoms with Gasteiger partial charge in [-0.2, -0.15) is 0 Å². The molecule has 0 spiro atoms. The summed E-state index contributed by atoms with van der Waals surface area (Å²) in [4.78, 5) is 30.3. The van der Waals surface area contributed by atoms with Crippen LogP contribution in [0, 0.1) is 5.92 Å². The lowest BCUT2D eigenvalue weighted by Crippen LogP contribution is -2.42. The third kappa shape index (κ3) is 7.29. The Morgan fingerprint density at radius 1 is 1.13 bits per heavy atom. The number of hydrogen-bond acceptors (Lipinski definition) is 5. The van der Waals surface area contributed by atoms with Crippen LogP contribution in [-0.4, -0.2) is 48.4 Å². The van der Waals surface area contributed by atoms with E-state index in [0.29, 0.717) is 5.69 Å². The van der Waals surface area contributed by atoms with Gasteiger partial charge in [0.15, 0.2) is 9.84 Å². The highest BCUT2D eigenvalue weighted by Gasteiger charge is 2.32. The molecule has 4 N–H and O–H groups in total. The summed E-state index contributed by atoms with van der Waals surface area (Å²) in [6, 6.07) is 12.4. The number of benzene rings is 2. The second-order valence-corrected chi connectivity index (χ2v) is 11.4. The molecule has 0 heterocycles. The number of rotatable bonds is 9. The first kappa shape index (κ1) is 23.7. The number of hydrogen-bond donors (Lipinski definition) is 4. The summed E-state index contributed by atoms with van der Waals surface area (Å²) in [6.07, 6.45) is 3.55. The fourth-order valence-electron chi connectivity index (χ4n) is 3.76. The van der Waals surface area contributed by atoms with Gasteiger partial charge < -0.3 is 20.4 Å². The summed E-state index contributed by atoms with van der Waals surface area (Å²) in [7, 11) is -8.58. The maximum absolute atomic E-state index is 12.8. The minimum Gasteiger partial charge on any atom is -0.336 e. The number of amides is 2. The highest BCUT2D eigenvalue weighted by molar-refractivity contribution is 7.92. The van der Waals surface area contributed by atoms with Crippen LogP contribution in [-0.2, 0) is 18.9 Å². The van der Waals surface area contributed by atoms with E-state index in [1.165, 1.54) is 0 Å². The van der Waals surface area contributed by atoms with Crippen molar-refractivity contribution in [3.05, 3.63) is 42.5 Å². The van der Waals surface area contributed by atoms with Gasteiger partial charge in [0, 0.05) is 12.2 Å². The Morgan fingerprint density at radius 3 is 2.48 bits per heavy atom. The van der Waals surface area contributed by atoms with Crippen molar-refractivity contribution in [2.24, 2.45) is 5.92 Å². The topological polar surface area (TPSA) is 142 Å². The molecule has 1 aliphatic carbocycles. The average Bonchev–Trinajstić information content (AvgIpc) is 3.19. The molecule has 2 aromatic carbocycles. The molecule has 2 amide bonds. The van der Waals surface area contributed by atoms with Crippen LogP contribution in [0.1, 0.15) is 25.7 Å². The number of fused-ring (bicyclic) bond motifs is 1. The largest absolute Gasteiger partial charge is 0.469 e. The second kappa shape index (κ2) is 10.1. The van der Waals surface area contributed by atoms with Gasteiger partial charge in [-0.15, -0.1) is 0 Å². The molecule has 1 aliphatic rings. The normalized spacial score (nSPS) is 16.3. The molecule has 1 fully saturated rings. The van der Waals surface area contributed by atoms with Crippen LogP contribution >= 0.6 is 7.82 Å². The summed E-state index contributed by atoms with van der Waals surface area (Å²) < 4.78 is 41.2. The van der Waals surface area contributed by atoms with Crippen molar-refractivity contribution in [3.8, 4) is 0 Å². The lowest BCUT2D eigenvalue weighted by molar-refractivity contribution is 0.195. The van der Waals surface area contributed by atoms with E-state index in [0.717, 1.165) is 36.5 Å². The van der Waals surface area contributed by atoms with Crippen LogP contribution < -0.4 is 10.6 Å². The Kier molecular flexibility index (Phi) is 7.72. The third-order valence-corrected chi connectivity index (χ3v) is 8.12. The van der Waals surface area contributed by atoms with Gasteiger partial charge in [-0.3, -0.25) is 4.52 Å². The Balaban J connectivity index is 1.63. The number of carbonyl (C=O) groups is 1. The highest BCUT2D eigenvalue weighted by atomic mass is 32.2. The van der Waals surface area contributed by atoms with Gasteiger partial charge in [-0.05, 0) is 41.7 Å². The van der Waals surface area contributed by atoms with E-state index < -0.39 is 35.5 Å². The van der Waals surface area contributed by atoms with Crippen molar-refractivity contribution < 1.29 is 32.1 Å². The van der Waals surface area contributed by atoms with E-state index >= 15 is 0 Å². The average molecular weight is 470 g/mol. The molecule has 0 radical (unpaired) electrons. The molecule has 11 heteroatoms. The zero-order valence-electron chi connectivity index (χ0n) is 16.9. The van der Waals surface area contributed by atoms with Crippen molar-refractivity contribution in [2.45, 2.75) is 30.9 Å². The molecule has 9 nitrogen and oxygen atoms in total. The zero-order valence-corrected chi connectivity index (χ0v) is 18.6. The number of phosphoric acid groups is 1. The summed E-state index contributed by atoms with van der Waals surface area (Å²) in [5.74, 6) is -0.0649. The molecule has 0 aliphatic heterocycles. The quantitative estimate of drug-likeness (QED) is 0.413. The molecule has 31 heavy (non-hydrogen) atoms. The van der Waals surface area contributed by atoms with Crippen molar-refractivity contribution in [1.29, 1.82) is 0 Å². The molecule has 3 rings (SSSR count). The van der Waals surface area contributed by atoms with Crippen molar-refractivity contribution in [1.82, 2.24) is 5.32 Å². The van der Waals surface area contributed by atoms with E-state index in [1.807, 2.05) is 30.3 Å². The van der Waals surface area contributed by atoms with Crippen LogP contribution in [0.4, 0.5) is 10.5 Å². The van der Waals surface area contributed by atoms with Gasteiger partial charge in [-0.1, -0.05) is 43.2 Å². The molecule has 0 saturated heterocycles. The highest BCUT2D eigenvalue weighted by Crippen LogP contribution is 2.36. The Morgan fingerprint density at radius 2 is 1.81 bits per heavy atom. The fourth-order valence-corrected chi connectivity index (χ4v) is 6.11. The number of anilines is 1. The molecule has 1 atom stereocenters. The van der Waals surface area contributed by atoms with Crippen molar-refractivity contribution >= 4 is 40.2 Å². The Hall–Kier alpha value is -1.97. The van der Waals surface area contributed by atoms with Gasteiger partial charge in [0.25, 0.3) is 0 Å². The lowest BCUT2D eigenvalue weighted by Gasteiger charge is -2.20. The minimum atomic E-state index is -4.84. The maximum Gasteiger partial charge on any atom is 0.469 e. The predicted molar refractivity (Wildman–Crippen MR) is 118 cm³/mol. The molecule has 1 saturated carbocycles. The number of carbonyl (C=O) groups excluding carboxylic acids is 1. The van der Waals surface area contributed by atoms with E-state index in [9.17, 15) is 17.8 Å². The van der Waals surface area contributed by atoms with Crippen LogP contribution in [0.3, 0.4) is 0 Å². The van der Waals surface area contributed by atoms with Crippen molar-refractivity contribution in [3.63, 3.8) is 0 Å². The number of sulfone groups is 1. The van der Waals surface area contributed by atoms with Crippen molar-refractivity contribution in [2.75, 3.05) is 24.2 Å². The summed E-state index contributed by atoms with van der Waals surface area (Å²) in [5.41, 5.74) is 0.535. The first-order valence-corrected chi connectivity index (χ1v) is 13.3. The van der Waals surface area contributed by atoms with Gasteiger partial charge >= 0.3 is 13.9 Å². The fraction of sp³-hybridized carbons (Fsp3) is 0.450. The van der Waals surface area contributed by atoms with Crippen LogP contribution in [0.5, 0.6) is 0 Å². The SMILES string of the molecule is O=C(NCC(COP(=O)(O)O)S(=O)(=O)CC1CCCC1)Nc1ccc2ccccc2c1. The van der Waals surface area contributed by atoms with E-state index in [4.69, 9.17) is 9.79 Å². The Labute approximate surface area is 181 Å². The molecular formula is C20H27N2O7PS. The van der Waals surface area contributed by atoms with Gasteiger partial charge in [0.1, 0.15) is 5.25 Å². The summed E-state index contributed by atoms with van der Waals surface area (Å²) in [6.45, 7) is -1.02.